The van der Waals surface area contributed by atoms with Crippen molar-refractivity contribution in [3.8, 4) is 11.6 Å². The first-order chi connectivity index (χ1) is 9.28. The molecular weight excluding hydrogens is 242 g/mol. The van der Waals surface area contributed by atoms with Crippen molar-refractivity contribution in [3.05, 3.63) is 35.9 Å². The fraction of sp³-hybridized carbons (Fsp3) is 0.308. The summed E-state index contributed by atoms with van der Waals surface area (Å²) in [5.74, 6) is 8.50. The molecule has 0 aliphatic heterocycles. The number of aromatic nitrogens is 3. The SMILES string of the molecule is Cc1c(NN)nc(C2CC2)nc1Oc1cccnc1. The van der Waals surface area contributed by atoms with Gasteiger partial charge in [-0.15, -0.1) is 0 Å². The Morgan fingerprint density at radius 1 is 1.37 bits per heavy atom. The van der Waals surface area contributed by atoms with Crippen molar-refractivity contribution in [2.45, 2.75) is 25.7 Å². The first kappa shape index (κ1) is 11.9. The van der Waals surface area contributed by atoms with Gasteiger partial charge < -0.3 is 10.2 Å². The van der Waals surface area contributed by atoms with Crippen LogP contribution >= 0.6 is 0 Å². The number of pyridine rings is 1. The fourth-order valence-corrected chi connectivity index (χ4v) is 1.80. The van der Waals surface area contributed by atoms with E-state index >= 15 is 0 Å². The average Bonchev–Trinajstić information content (AvgIpc) is 3.27. The molecule has 0 saturated heterocycles. The highest BCUT2D eigenvalue weighted by atomic mass is 16.5. The summed E-state index contributed by atoms with van der Waals surface area (Å²) in [5.41, 5.74) is 3.39. The van der Waals surface area contributed by atoms with Crippen LogP contribution in [0.3, 0.4) is 0 Å². The molecule has 1 aliphatic rings. The number of hydrogen-bond acceptors (Lipinski definition) is 6. The molecule has 2 heterocycles. The molecule has 1 fully saturated rings. The number of ether oxygens (including phenoxy) is 1. The summed E-state index contributed by atoms with van der Waals surface area (Å²) in [6.07, 6.45) is 5.59. The van der Waals surface area contributed by atoms with Gasteiger partial charge in [-0.25, -0.2) is 10.8 Å². The van der Waals surface area contributed by atoms with Crippen molar-refractivity contribution in [3.63, 3.8) is 0 Å². The Morgan fingerprint density at radius 3 is 2.84 bits per heavy atom. The van der Waals surface area contributed by atoms with Crippen LogP contribution in [0.5, 0.6) is 11.6 Å². The minimum absolute atomic E-state index is 0.434. The molecule has 6 nitrogen and oxygen atoms in total. The predicted octanol–water partition coefficient (Wildman–Crippen LogP) is 2.14. The normalized spacial score (nSPS) is 14.2. The third-order valence-electron chi connectivity index (χ3n) is 3.05. The maximum atomic E-state index is 5.76. The zero-order chi connectivity index (χ0) is 13.2. The second-order valence-corrected chi connectivity index (χ2v) is 4.57. The summed E-state index contributed by atoms with van der Waals surface area (Å²) in [6.45, 7) is 1.87. The quantitative estimate of drug-likeness (QED) is 0.644. The number of nitrogens with zero attached hydrogens (tertiary/aromatic N) is 3. The summed E-state index contributed by atoms with van der Waals surface area (Å²) >= 11 is 0. The Kier molecular flexibility index (Phi) is 3.00. The van der Waals surface area contributed by atoms with E-state index in [1.807, 2.05) is 19.1 Å². The van der Waals surface area contributed by atoms with Gasteiger partial charge in [0.1, 0.15) is 11.6 Å². The van der Waals surface area contributed by atoms with Crippen molar-refractivity contribution in [1.29, 1.82) is 0 Å². The number of nitrogens with one attached hydrogen (secondary N) is 1. The maximum Gasteiger partial charge on any atom is 0.227 e. The Bertz CT molecular complexity index is 583. The molecule has 2 aromatic rings. The fourth-order valence-electron chi connectivity index (χ4n) is 1.80. The minimum Gasteiger partial charge on any atom is -0.437 e. The summed E-state index contributed by atoms with van der Waals surface area (Å²) in [5, 5.41) is 0. The van der Waals surface area contributed by atoms with Crippen LogP contribution in [-0.4, -0.2) is 15.0 Å². The summed E-state index contributed by atoms with van der Waals surface area (Å²) in [4.78, 5) is 12.9. The predicted molar refractivity (Wildman–Crippen MR) is 70.9 cm³/mol. The summed E-state index contributed by atoms with van der Waals surface area (Å²) in [6, 6.07) is 3.65. The molecule has 98 valence electrons. The number of rotatable bonds is 4. The van der Waals surface area contributed by atoms with Gasteiger partial charge in [-0.3, -0.25) is 4.98 Å². The zero-order valence-corrected chi connectivity index (χ0v) is 10.6. The van der Waals surface area contributed by atoms with Gasteiger partial charge in [-0.05, 0) is 31.9 Å². The minimum atomic E-state index is 0.434. The third-order valence-corrected chi connectivity index (χ3v) is 3.05. The number of nitrogens with two attached hydrogens (primary N) is 1. The summed E-state index contributed by atoms with van der Waals surface area (Å²) in [7, 11) is 0. The van der Waals surface area contributed by atoms with E-state index in [4.69, 9.17) is 10.6 Å². The van der Waals surface area contributed by atoms with Crippen LogP contribution < -0.4 is 16.0 Å². The second kappa shape index (κ2) is 4.81. The van der Waals surface area contributed by atoms with Gasteiger partial charge in [0.25, 0.3) is 0 Å². The molecule has 19 heavy (non-hydrogen) atoms. The van der Waals surface area contributed by atoms with Crippen LogP contribution in [0.1, 0.15) is 30.1 Å². The summed E-state index contributed by atoms with van der Waals surface area (Å²) < 4.78 is 5.76. The Balaban J connectivity index is 1.97. The first-order valence-electron chi connectivity index (χ1n) is 6.21. The molecule has 0 amide bonds. The van der Waals surface area contributed by atoms with Gasteiger partial charge in [0.2, 0.25) is 5.88 Å². The topological polar surface area (TPSA) is 86.0 Å². The molecule has 0 atom stereocenters. The van der Waals surface area contributed by atoms with E-state index in [0.29, 0.717) is 23.4 Å². The lowest BCUT2D eigenvalue weighted by Gasteiger charge is -2.12. The van der Waals surface area contributed by atoms with Crippen molar-refractivity contribution in [2.24, 2.45) is 5.84 Å². The van der Waals surface area contributed by atoms with E-state index in [0.717, 1.165) is 24.2 Å². The molecule has 6 heteroatoms. The molecule has 1 saturated carbocycles. The molecule has 0 bridgehead atoms. The van der Waals surface area contributed by atoms with Crippen LogP contribution in [0.2, 0.25) is 0 Å². The molecule has 2 aromatic heterocycles. The lowest BCUT2D eigenvalue weighted by Crippen LogP contribution is -2.13. The number of hydrogen-bond donors (Lipinski definition) is 2. The molecular formula is C13H15N5O. The number of nitrogen functional groups attached to an aromatic ring is 1. The number of hydrazine groups is 1. The van der Waals surface area contributed by atoms with Crippen LogP contribution in [0, 0.1) is 6.92 Å². The van der Waals surface area contributed by atoms with E-state index in [-0.39, 0.29) is 0 Å². The molecule has 0 spiro atoms. The van der Waals surface area contributed by atoms with E-state index in [1.54, 1.807) is 12.4 Å². The van der Waals surface area contributed by atoms with Crippen molar-refractivity contribution in [2.75, 3.05) is 5.43 Å². The number of anilines is 1. The lowest BCUT2D eigenvalue weighted by molar-refractivity contribution is 0.452. The molecule has 1 aliphatic carbocycles. The van der Waals surface area contributed by atoms with Gasteiger partial charge in [-0.2, -0.15) is 4.98 Å². The standard InChI is InChI=1S/C13H15N5O/c1-8-11(18-14)16-12(9-4-5-9)17-13(8)19-10-3-2-6-15-7-10/h2-3,6-7,9H,4-5,14H2,1H3,(H,16,17,18). The zero-order valence-electron chi connectivity index (χ0n) is 10.6. The van der Waals surface area contributed by atoms with Crippen LogP contribution in [0.15, 0.2) is 24.5 Å². The molecule has 3 rings (SSSR count). The smallest absolute Gasteiger partial charge is 0.227 e. The van der Waals surface area contributed by atoms with Crippen LogP contribution in [0.25, 0.3) is 0 Å². The van der Waals surface area contributed by atoms with Crippen molar-refractivity contribution >= 4 is 5.82 Å². The van der Waals surface area contributed by atoms with Gasteiger partial charge in [0.05, 0.1) is 11.8 Å². The monoisotopic (exact) mass is 257 g/mol. The van der Waals surface area contributed by atoms with E-state index in [9.17, 15) is 0 Å². The second-order valence-electron chi connectivity index (χ2n) is 4.57. The Hall–Kier alpha value is -2.21. The van der Waals surface area contributed by atoms with Gasteiger partial charge >= 0.3 is 0 Å². The molecule has 0 unspecified atom stereocenters. The lowest BCUT2D eigenvalue weighted by atomic mass is 10.3. The first-order valence-corrected chi connectivity index (χ1v) is 6.21. The van der Waals surface area contributed by atoms with Gasteiger partial charge in [-0.1, -0.05) is 0 Å². The molecule has 0 aromatic carbocycles. The Morgan fingerprint density at radius 2 is 2.21 bits per heavy atom. The highest BCUT2D eigenvalue weighted by molar-refractivity contribution is 5.49. The third kappa shape index (κ3) is 2.48. The largest absolute Gasteiger partial charge is 0.437 e. The van der Waals surface area contributed by atoms with Crippen molar-refractivity contribution in [1.82, 2.24) is 15.0 Å². The Labute approximate surface area is 111 Å². The van der Waals surface area contributed by atoms with Crippen molar-refractivity contribution < 1.29 is 4.74 Å². The van der Waals surface area contributed by atoms with Crippen LogP contribution in [-0.2, 0) is 0 Å². The molecule has 0 radical (unpaired) electrons. The van der Waals surface area contributed by atoms with E-state index in [1.165, 1.54) is 0 Å². The molecule has 3 N–H and O–H groups in total. The highest BCUT2D eigenvalue weighted by Gasteiger charge is 2.28. The highest BCUT2D eigenvalue weighted by Crippen LogP contribution is 2.40. The van der Waals surface area contributed by atoms with Gasteiger partial charge in [0, 0.05) is 12.1 Å². The van der Waals surface area contributed by atoms with E-state index in [2.05, 4.69) is 20.4 Å². The van der Waals surface area contributed by atoms with E-state index < -0.39 is 0 Å². The average molecular weight is 257 g/mol. The maximum absolute atomic E-state index is 5.76. The van der Waals surface area contributed by atoms with Crippen LogP contribution in [0.4, 0.5) is 5.82 Å². The van der Waals surface area contributed by atoms with Gasteiger partial charge in [0.15, 0.2) is 5.82 Å².